The average molecular weight is 675 g/mol. The molecule has 0 saturated carbocycles. The van der Waals surface area contributed by atoms with Crippen molar-refractivity contribution in [2.24, 2.45) is 0 Å². The van der Waals surface area contributed by atoms with Crippen molar-refractivity contribution in [1.29, 1.82) is 0 Å². The summed E-state index contributed by atoms with van der Waals surface area (Å²) in [5.41, 5.74) is 16.8. The summed E-state index contributed by atoms with van der Waals surface area (Å²) < 4.78 is 3.13. The molecule has 4 aliphatic rings. The summed E-state index contributed by atoms with van der Waals surface area (Å²) >= 11 is 1.59. The van der Waals surface area contributed by atoms with Crippen LogP contribution < -0.4 is 24.8 Å². The number of benzene rings is 3. The van der Waals surface area contributed by atoms with Gasteiger partial charge < -0.3 is 29.4 Å². The van der Waals surface area contributed by atoms with Gasteiger partial charge in [-0.1, -0.05) is 42.1 Å². The molecule has 209 valence electrons. The Bertz CT molecular complexity index is 1630. The zero-order valence-corrected chi connectivity index (χ0v) is 29.8. The first kappa shape index (κ1) is 32.0. The van der Waals surface area contributed by atoms with E-state index in [1.807, 2.05) is 0 Å². The van der Waals surface area contributed by atoms with Crippen molar-refractivity contribution in [3.63, 3.8) is 0 Å². The number of hydrogen-bond donors (Lipinski definition) is 0. The van der Waals surface area contributed by atoms with Gasteiger partial charge in [-0.05, 0) is 37.6 Å². The van der Waals surface area contributed by atoms with Crippen LogP contribution in [0.4, 0.5) is 0 Å². The fourth-order valence-corrected chi connectivity index (χ4v) is 12.5. The molecule has 0 amide bonds. The number of aryl methyl sites for hydroxylation is 2. The zero-order chi connectivity index (χ0) is 27.5. The Morgan fingerprint density at radius 2 is 1.51 bits per heavy atom. The SMILES string of the molecule is CC1=C2c3cc(C)n(-c4ccccc4)c3C1[Si]2(C)C.CCCc1ccc(-c2cccc3c2C=C(C)[CH]3[Zr+2])cc1.[Cl-].[Cl-]. The number of fused-ring (bicyclic) bond motifs is 1. The molecule has 1 aromatic heterocycles. The largest absolute Gasteiger partial charge is 1.00 e. The molecule has 0 saturated heterocycles. The fraction of sp³-hybridized carbons (Fsp3) is 0.278. The van der Waals surface area contributed by atoms with Crippen LogP contribution in [0.5, 0.6) is 0 Å². The molecular formula is C36H38Cl2NSiZr. The maximum atomic E-state index is 2.52. The number of halogens is 2. The molecule has 2 atom stereocenters. The molecule has 1 nitrogen and oxygen atoms in total. The van der Waals surface area contributed by atoms with Crippen molar-refractivity contribution >= 4 is 19.3 Å². The van der Waals surface area contributed by atoms with Gasteiger partial charge in [0.25, 0.3) is 0 Å². The molecule has 0 spiro atoms. The van der Waals surface area contributed by atoms with E-state index < -0.39 is 8.07 Å². The Kier molecular flexibility index (Phi) is 9.66. The van der Waals surface area contributed by atoms with Gasteiger partial charge in [0.05, 0.1) is 8.07 Å². The average Bonchev–Trinajstić information content (AvgIpc) is 3.57. The predicted octanol–water partition coefficient (Wildman–Crippen LogP) is 3.78. The predicted molar refractivity (Wildman–Crippen MR) is 166 cm³/mol. The Morgan fingerprint density at radius 3 is 2.15 bits per heavy atom. The number of hydrogen-bond acceptors (Lipinski definition) is 0. The number of allylic oxidation sites excluding steroid dienone is 2. The summed E-state index contributed by atoms with van der Waals surface area (Å²) in [6, 6.07) is 29.1. The summed E-state index contributed by atoms with van der Waals surface area (Å²) in [5.74, 6) is 0. The van der Waals surface area contributed by atoms with Crippen LogP contribution in [0.3, 0.4) is 0 Å². The third kappa shape index (κ3) is 5.27. The minimum Gasteiger partial charge on any atom is -1.00 e. The maximum Gasteiger partial charge on any atom is -1.00 e. The Balaban J connectivity index is 0.000000180. The van der Waals surface area contributed by atoms with Gasteiger partial charge in [-0.2, -0.15) is 0 Å². The van der Waals surface area contributed by atoms with Gasteiger partial charge >= 0.3 is 137 Å². The van der Waals surface area contributed by atoms with Crippen molar-refractivity contribution in [2.75, 3.05) is 0 Å². The molecule has 0 fully saturated rings. The van der Waals surface area contributed by atoms with Crippen molar-refractivity contribution < 1.29 is 49.5 Å². The van der Waals surface area contributed by atoms with E-state index in [4.69, 9.17) is 0 Å². The van der Waals surface area contributed by atoms with E-state index >= 15 is 0 Å². The van der Waals surface area contributed by atoms with Gasteiger partial charge in [0.15, 0.2) is 0 Å². The van der Waals surface area contributed by atoms with E-state index in [2.05, 4.69) is 130 Å². The van der Waals surface area contributed by atoms with E-state index in [0.29, 0.717) is 3.63 Å². The first-order valence-electron chi connectivity index (χ1n) is 14.3. The second-order valence-corrected chi connectivity index (χ2v) is 18.0. The molecule has 41 heavy (non-hydrogen) atoms. The first-order chi connectivity index (χ1) is 18.7. The summed E-state index contributed by atoms with van der Waals surface area (Å²) in [6.45, 7) is 14.1. The third-order valence-electron chi connectivity index (χ3n) is 9.06. The second kappa shape index (κ2) is 12.4. The van der Waals surface area contributed by atoms with Gasteiger partial charge in [-0.3, -0.25) is 0 Å². The topological polar surface area (TPSA) is 4.93 Å². The van der Waals surface area contributed by atoms with Crippen molar-refractivity contribution in [2.45, 2.75) is 62.8 Å². The molecule has 5 heteroatoms. The third-order valence-corrected chi connectivity index (χ3v) is 15.0. The van der Waals surface area contributed by atoms with Gasteiger partial charge in [0.2, 0.25) is 0 Å². The van der Waals surface area contributed by atoms with Crippen molar-refractivity contribution in [1.82, 2.24) is 4.57 Å². The summed E-state index contributed by atoms with van der Waals surface area (Å²) in [6.07, 6.45) is 4.76. The Hall–Kier alpha value is -1.90. The fourth-order valence-electron chi connectivity index (χ4n) is 7.37. The number of para-hydroxylation sites is 1. The Morgan fingerprint density at radius 1 is 0.829 bits per heavy atom. The van der Waals surface area contributed by atoms with E-state index in [9.17, 15) is 0 Å². The van der Waals surface area contributed by atoms with Crippen LogP contribution >= 0.6 is 0 Å². The molecule has 3 aromatic carbocycles. The monoisotopic (exact) mass is 672 g/mol. The van der Waals surface area contributed by atoms with Crippen LogP contribution in [0.25, 0.3) is 28.1 Å². The minimum atomic E-state index is -1.19. The summed E-state index contributed by atoms with van der Waals surface area (Å²) in [4.78, 5) is 0. The molecule has 2 bridgehead atoms. The van der Waals surface area contributed by atoms with Crippen LogP contribution in [-0.4, -0.2) is 12.6 Å². The minimum absolute atomic E-state index is 0. The molecule has 4 aromatic rings. The first-order valence-corrected chi connectivity index (χ1v) is 18.8. The van der Waals surface area contributed by atoms with Crippen LogP contribution in [0.2, 0.25) is 13.1 Å². The second-order valence-electron chi connectivity index (χ2n) is 12.0. The normalized spacial score (nSPS) is 18.7. The van der Waals surface area contributed by atoms with E-state index in [0.717, 1.165) is 5.54 Å². The maximum absolute atomic E-state index is 2.52. The van der Waals surface area contributed by atoms with Gasteiger partial charge in [0, 0.05) is 22.6 Å². The number of nitrogens with zero attached hydrogens (tertiary/aromatic N) is 1. The van der Waals surface area contributed by atoms with Crippen LogP contribution in [0.1, 0.15) is 70.0 Å². The molecule has 2 aliphatic carbocycles. The molecule has 0 radical (unpaired) electrons. The quantitative estimate of drug-likeness (QED) is 0.291. The molecule has 2 unspecified atom stereocenters. The van der Waals surface area contributed by atoms with Crippen molar-refractivity contribution in [3.05, 3.63) is 124 Å². The van der Waals surface area contributed by atoms with Crippen molar-refractivity contribution in [3.8, 4) is 16.8 Å². The molecule has 2 aliphatic heterocycles. The van der Waals surface area contributed by atoms with E-state index in [1.54, 1.807) is 46.7 Å². The van der Waals surface area contributed by atoms with Gasteiger partial charge in [-0.15, -0.1) is 0 Å². The van der Waals surface area contributed by atoms with Gasteiger partial charge in [0.1, 0.15) is 0 Å². The molecular weight excluding hydrogens is 637 g/mol. The molecule has 3 heterocycles. The molecule has 0 N–H and O–H groups in total. The smallest absolute Gasteiger partial charge is 1.00 e. The van der Waals surface area contributed by atoms with E-state index in [-0.39, 0.29) is 24.8 Å². The van der Waals surface area contributed by atoms with Crippen LogP contribution in [0, 0.1) is 6.92 Å². The van der Waals surface area contributed by atoms with Crippen LogP contribution in [-0.2, 0) is 31.1 Å². The zero-order valence-electron chi connectivity index (χ0n) is 24.9. The van der Waals surface area contributed by atoms with Crippen LogP contribution in [0.15, 0.2) is 90.0 Å². The number of rotatable bonds is 4. The standard InChI is InChI=1S/C19H19.C17H19NSi.2ClH.Zr/c1-3-5-15-8-10-16(11-9-15)18-7-4-6-17-12-14(2)13-19(17)18;1-11-10-14-15(17-12(2)16(14)19(17,3)4)18(11)13-8-6-5-7-9-13;;;/h4,6-13H,3,5H2,1-2H3;5-10,17H,1-4H3;2*1H;/q;;;;+2/p-2. The summed E-state index contributed by atoms with van der Waals surface area (Å²) in [7, 11) is -1.19. The summed E-state index contributed by atoms with van der Waals surface area (Å²) in [5, 5.41) is 1.73. The van der Waals surface area contributed by atoms with E-state index in [1.165, 1.54) is 57.6 Å². The Labute approximate surface area is 274 Å². The molecule has 8 rings (SSSR count). The number of aromatic nitrogens is 1. The van der Waals surface area contributed by atoms with Gasteiger partial charge in [-0.25, -0.2) is 0 Å².